The van der Waals surface area contributed by atoms with Gasteiger partial charge in [-0.3, -0.25) is 4.79 Å². The zero-order chi connectivity index (χ0) is 22.0. The van der Waals surface area contributed by atoms with Crippen molar-refractivity contribution in [2.75, 3.05) is 31.1 Å². The Balaban J connectivity index is 1.43. The van der Waals surface area contributed by atoms with Crippen LogP contribution in [0.5, 0.6) is 0 Å². The lowest BCUT2D eigenvalue weighted by Gasteiger charge is -2.22. The SMILES string of the molecule is O=C(c1ccc(-c2ccccc2Cl)o1)N1CCCN(c2ccc(C(F)(F)F)cn2)CC1. The van der Waals surface area contributed by atoms with Crippen LogP contribution in [0.2, 0.25) is 5.02 Å². The van der Waals surface area contributed by atoms with Gasteiger partial charge < -0.3 is 14.2 Å². The molecule has 1 amide bonds. The number of alkyl halides is 3. The highest BCUT2D eigenvalue weighted by atomic mass is 35.5. The Morgan fingerprint density at radius 2 is 1.81 bits per heavy atom. The Morgan fingerprint density at radius 1 is 1.00 bits per heavy atom. The molecule has 0 bridgehead atoms. The third-order valence-electron chi connectivity index (χ3n) is 5.14. The molecule has 31 heavy (non-hydrogen) atoms. The molecule has 0 N–H and O–H groups in total. The lowest BCUT2D eigenvalue weighted by molar-refractivity contribution is -0.137. The van der Waals surface area contributed by atoms with E-state index in [0.717, 1.165) is 12.3 Å². The maximum absolute atomic E-state index is 12.9. The molecular weight excluding hydrogens is 431 g/mol. The van der Waals surface area contributed by atoms with Crippen molar-refractivity contribution < 1.29 is 22.4 Å². The second-order valence-electron chi connectivity index (χ2n) is 7.18. The predicted octanol–water partition coefficient (Wildman–Crippen LogP) is 5.37. The van der Waals surface area contributed by atoms with Crippen molar-refractivity contribution >= 4 is 23.3 Å². The van der Waals surface area contributed by atoms with Gasteiger partial charge in [0.25, 0.3) is 5.91 Å². The first-order chi connectivity index (χ1) is 14.8. The second kappa shape index (κ2) is 8.63. The van der Waals surface area contributed by atoms with E-state index in [1.165, 1.54) is 6.07 Å². The zero-order valence-electron chi connectivity index (χ0n) is 16.4. The number of furan rings is 1. The number of carbonyl (C=O) groups excluding carboxylic acids is 1. The van der Waals surface area contributed by atoms with Gasteiger partial charge in [0.05, 0.1) is 10.6 Å². The third-order valence-corrected chi connectivity index (χ3v) is 5.47. The van der Waals surface area contributed by atoms with Crippen LogP contribution in [0.4, 0.5) is 19.0 Å². The van der Waals surface area contributed by atoms with Crippen molar-refractivity contribution in [3.8, 4) is 11.3 Å². The van der Waals surface area contributed by atoms with E-state index in [-0.39, 0.29) is 11.7 Å². The first-order valence-corrected chi connectivity index (χ1v) is 10.1. The van der Waals surface area contributed by atoms with E-state index in [2.05, 4.69) is 4.98 Å². The van der Waals surface area contributed by atoms with E-state index >= 15 is 0 Å². The van der Waals surface area contributed by atoms with Gasteiger partial charge in [-0.15, -0.1) is 0 Å². The van der Waals surface area contributed by atoms with Crippen LogP contribution in [0, 0.1) is 0 Å². The Morgan fingerprint density at radius 3 is 2.52 bits per heavy atom. The summed E-state index contributed by atoms with van der Waals surface area (Å²) >= 11 is 6.20. The molecule has 0 aliphatic carbocycles. The van der Waals surface area contributed by atoms with Gasteiger partial charge in [0.1, 0.15) is 11.6 Å². The molecule has 2 aromatic heterocycles. The number of benzene rings is 1. The van der Waals surface area contributed by atoms with E-state index in [1.54, 1.807) is 23.1 Å². The molecule has 1 aliphatic rings. The van der Waals surface area contributed by atoms with Crippen LogP contribution in [0.15, 0.2) is 59.1 Å². The normalized spacial score (nSPS) is 15.1. The fourth-order valence-corrected chi connectivity index (χ4v) is 3.73. The molecule has 1 aliphatic heterocycles. The summed E-state index contributed by atoms with van der Waals surface area (Å²) in [5.74, 6) is 0.956. The number of pyridine rings is 1. The van der Waals surface area contributed by atoms with Crippen LogP contribution in [-0.4, -0.2) is 42.0 Å². The summed E-state index contributed by atoms with van der Waals surface area (Å²) in [4.78, 5) is 20.4. The Kier molecular flexibility index (Phi) is 5.91. The molecule has 1 saturated heterocycles. The highest BCUT2D eigenvalue weighted by Gasteiger charge is 2.31. The molecule has 1 aromatic carbocycles. The fourth-order valence-electron chi connectivity index (χ4n) is 3.50. The minimum absolute atomic E-state index is 0.219. The molecule has 3 aromatic rings. The van der Waals surface area contributed by atoms with Crippen molar-refractivity contribution in [2.24, 2.45) is 0 Å². The summed E-state index contributed by atoms with van der Waals surface area (Å²) in [6.07, 6.45) is -2.92. The van der Waals surface area contributed by atoms with Gasteiger partial charge in [0.2, 0.25) is 0 Å². The molecule has 0 atom stereocenters. The van der Waals surface area contributed by atoms with Gasteiger partial charge in [-0.25, -0.2) is 4.98 Å². The minimum atomic E-state index is -4.42. The van der Waals surface area contributed by atoms with E-state index in [0.29, 0.717) is 54.8 Å². The molecule has 3 heterocycles. The van der Waals surface area contributed by atoms with Gasteiger partial charge in [-0.2, -0.15) is 13.2 Å². The number of aromatic nitrogens is 1. The van der Waals surface area contributed by atoms with Gasteiger partial charge in [-0.05, 0) is 42.8 Å². The molecular formula is C22H19ClF3N3O2. The molecule has 0 spiro atoms. The number of rotatable bonds is 3. The maximum atomic E-state index is 12.9. The lowest BCUT2D eigenvalue weighted by atomic mass is 10.2. The number of hydrogen-bond donors (Lipinski definition) is 0. The Bertz CT molecular complexity index is 1070. The van der Waals surface area contributed by atoms with Crippen molar-refractivity contribution in [3.05, 3.63) is 71.1 Å². The van der Waals surface area contributed by atoms with E-state index in [1.807, 2.05) is 23.1 Å². The summed E-state index contributed by atoms with van der Waals surface area (Å²) in [5, 5.41) is 0.533. The number of nitrogens with zero attached hydrogens (tertiary/aromatic N) is 3. The smallest absolute Gasteiger partial charge is 0.417 e. The van der Waals surface area contributed by atoms with Crippen LogP contribution in [-0.2, 0) is 6.18 Å². The minimum Gasteiger partial charge on any atom is -0.451 e. The highest BCUT2D eigenvalue weighted by molar-refractivity contribution is 6.33. The molecule has 0 unspecified atom stereocenters. The fraction of sp³-hybridized carbons (Fsp3) is 0.273. The van der Waals surface area contributed by atoms with Crippen molar-refractivity contribution in [3.63, 3.8) is 0 Å². The van der Waals surface area contributed by atoms with Crippen LogP contribution in [0.3, 0.4) is 0 Å². The number of anilines is 1. The summed E-state index contributed by atoms with van der Waals surface area (Å²) < 4.78 is 44.0. The van der Waals surface area contributed by atoms with Crippen molar-refractivity contribution in [1.29, 1.82) is 0 Å². The number of hydrogen-bond acceptors (Lipinski definition) is 4. The predicted molar refractivity (Wildman–Crippen MR) is 111 cm³/mol. The third kappa shape index (κ3) is 4.69. The standard InChI is InChI=1S/C22H19ClF3N3O2/c23-17-5-2-1-4-16(17)18-7-8-19(31-18)21(30)29-11-3-10-28(12-13-29)20-9-6-15(14-27-20)22(24,25)26/h1-2,4-9,14H,3,10-13H2. The van der Waals surface area contributed by atoms with Crippen LogP contribution >= 0.6 is 11.6 Å². The van der Waals surface area contributed by atoms with Crippen LogP contribution < -0.4 is 4.90 Å². The maximum Gasteiger partial charge on any atom is 0.417 e. The van der Waals surface area contributed by atoms with E-state index in [9.17, 15) is 18.0 Å². The average molecular weight is 450 g/mol. The number of amides is 1. The van der Waals surface area contributed by atoms with E-state index < -0.39 is 11.7 Å². The summed E-state index contributed by atoms with van der Waals surface area (Å²) in [7, 11) is 0. The van der Waals surface area contributed by atoms with Crippen molar-refractivity contribution in [1.82, 2.24) is 9.88 Å². The van der Waals surface area contributed by atoms with Gasteiger partial charge in [-0.1, -0.05) is 23.7 Å². The molecule has 0 saturated carbocycles. The van der Waals surface area contributed by atoms with Crippen LogP contribution in [0.25, 0.3) is 11.3 Å². The Hall–Kier alpha value is -3.00. The van der Waals surface area contributed by atoms with Gasteiger partial charge >= 0.3 is 6.18 Å². The van der Waals surface area contributed by atoms with E-state index in [4.69, 9.17) is 16.0 Å². The second-order valence-corrected chi connectivity index (χ2v) is 7.59. The Labute approximate surface area is 182 Å². The molecule has 9 heteroatoms. The molecule has 162 valence electrons. The summed E-state index contributed by atoms with van der Waals surface area (Å²) in [6, 6.07) is 12.9. The molecule has 0 radical (unpaired) electrons. The van der Waals surface area contributed by atoms with Gasteiger partial charge in [0.15, 0.2) is 5.76 Å². The zero-order valence-corrected chi connectivity index (χ0v) is 17.2. The van der Waals surface area contributed by atoms with Crippen molar-refractivity contribution in [2.45, 2.75) is 12.6 Å². The largest absolute Gasteiger partial charge is 0.451 e. The summed E-state index contributed by atoms with van der Waals surface area (Å²) in [5.41, 5.74) is -0.0753. The highest BCUT2D eigenvalue weighted by Crippen LogP contribution is 2.31. The van der Waals surface area contributed by atoms with Gasteiger partial charge in [0, 0.05) is 37.9 Å². The average Bonchev–Trinajstić information content (AvgIpc) is 3.10. The first-order valence-electron chi connectivity index (χ1n) is 9.75. The topological polar surface area (TPSA) is 49.6 Å². The number of halogens is 4. The molecule has 1 fully saturated rings. The lowest BCUT2D eigenvalue weighted by Crippen LogP contribution is -2.35. The monoisotopic (exact) mass is 449 g/mol. The number of carbonyl (C=O) groups is 1. The van der Waals surface area contributed by atoms with Crippen LogP contribution in [0.1, 0.15) is 22.5 Å². The first kappa shape index (κ1) is 21.2. The molecule has 4 rings (SSSR count). The summed E-state index contributed by atoms with van der Waals surface area (Å²) in [6.45, 7) is 1.97. The molecule has 5 nitrogen and oxygen atoms in total. The quantitative estimate of drug-likeness (QED) is 0.539.